The maximum atomic E-state index is 12.4. The molecule has 0 aliphatic carbocycles. The molecule has 0 heterocycles. The van der Waals surface area contributed by atoms with E-state index in [4.69, 9.17) is 4.74 Å². The zero-order chi connectivity index (χ0) is 19.9. The molecule has 0 aromatic heterocycles. The number of amides is 1. The van der Waals surface area contributed by atoms with Crippen molar-refractivity contribution >= 4 is 15.9 Å². The summed E-state index contributed by atoms with van der Waals surface area (Å²) >= 11 is 0. The summed E-state index contributed by atoms with van der Waals surface area (Å²) in [7, 11) is -0.578. The molecule has 0 saturated carbocycles. The van der Waals surface area contributed by atoms with Crippen molar-refractivity contribution in [3.8, 4) is 5.75 Å². The van der Waals surface area contributed by atoms with Crippen LogP contribution in [0.3, 0.4) is 0 Å². The van der Waals surface area contributed by atoms with Gasteiger partial charge in [-0.05, 0) is 42.7 Å². The van der Waals surface area contributed by atoms with Gasteiger partial charge in [0, 0.05) is 27.1 Å². The second kappa shape index (κ2) is 9.53. The van der Waals surface area contributed by atoms with Crippen molar-refractivity contribution in [2.75, 3.05) is 20.7 Å². The number of hydrogen-bond donors (Lipinski definition) is 1. The number of ether oxygens (including phenoxy) is 1. The topological polar surface area (TPSA) is 75.7 Å². The van der Waals surface area contributed by atoms with Crippen LogP contribution in [0.4, 0.5) is 0 Å². The molecule has 0 saturated heterocycles. The predicted octanol–water partition coefficient (Wildman–Crippen LogP) is 2.72. The van der Waals surface area contributed by atoms with E-state index in [2.05, 4.69) is 5.32 Å². The Balaban J connectivity index is 1.82. The molecular formula is C20H26N2O4S. The molecule has 0 spiro atoms. The van der Waals surface area contributed by atoms with Crippen LogP contribution < -0.4 is 10.1 Å². The van der Waals surface area contributed by atoms with Crippen molar-refractivity contribution in [1.29, 1.82) is 0 Å². The number of hydrogen-bond acceptors (Lipinski definition) is 4. The Hall–Kier alpha value is -2.38. The SMILES string of the molecule is Cc1cccc(OCCCC(=O)NCc2ccccc2S(=O)(=O)N(C)C)c1. The maximum absolute atomic E-state index is 12.4. The van der Waals surface area contributed by atoms with Gasteiger partial charge in [-0.15, -0.1) is 0 Å². The van der Waals surface area contributed by atoms with E-state index in [1.807, 2.05) is 31.2 Å². The Morgan fingerprint density at radius 2 is 1.85 bits per heavy atom. The highest BCUT2D eigenvalue weighted by Gasteiger charge is 2.20. The lowest BCUT2D eigenvalue weighted by Crippen LogP contribution is -2.27. The number of sulfonamides is 1. The molecule has 2 rings (SSSR count). The standard InChI is InChI=1S/C20H26N2O4S/c1-16-8-6-10-18(14-16)26-13-7-12-20(23)21-15-17-9-4-5-11-19(17)27(24,25)22(2)3/h4-6,8-11,14H,7,12-13,15H2,1-3H3,(H,21,23). The number of rotatable bonds is 9. The third kappa shape index (κ3) is 6.08. The number of carbonyl (C=O) groups excluding carboxylic acids is 1. The van der Waals surface area contributed by atoms with E-state index >= 15 is 0 Å². The fraction of sp³-hybridized carbons (Fsp3) is 0.350. The molecule has 1 amide bonds. The van der Waals surface area contributed by atoms with Crippen molar-refractivity contribution < 1.29 is 17.9 Å². The highest BCUT2D eigenvalue weighted by molar-refractivity contribution is 7.89. The first-order valence-corrected chi connectivity index (χ1v) is 10.2. The van der Waals surface area contributed by atoms with Gasteiger partial charge in [-0.3, -0.25) is 4.79 Å². The lowest BCUT2D eigenvalue weighted by Gasteiger charge is -2.15. The molecule has 0 unspecified atom stereocenters. The van der Waals surface area contributed by atoms with Gasteiger partial charge in [-0.2, -0.15) is 0 Å². The lowest BCUT2D eigenvalue weighted by molar-refractivity contribution is -0.121. The van der Waals surface area contributed by atoms with Gasteiger partial charge in [0.15, 0.2) is 0 Å². The van der Waals surface area contributed by atoms with Crippen LogP contribution in [0.25, 0.3) is 0 Å². The summed E-state index contributed by atoms with van der Waals surface area (Å²) in [6.07, 6.45) is 0.895. The summed E-state index contributed by atoms with van der Waals surface area (Å²) in [6.45, 7) is 2.61. The minimum absolute atomic E-state index is 0.139. The average Bonchev–Trinajstić information content (AvgIpc) is 2.63. The molecule has 0 fully saturated rings. The highest BCUT2D eigenvalue weighted by Crippen LogP contribution is 2.18. The minimum Gasteiger partial charge on any atom is -0.494 e. The fourth-order valence-corrected chi connectivity index (χ4v) is 3.62. The molecule has 0 aliphatic rings. The van der Waals surface area contributed by atoms with Gasteiger partial charge in [-0.1, -0.05) is 30.3 Å². The summed E-state index contributed by atoms with van der Waals surface area (Å²) in [6, 6.07) is 14.4. The van der Waals surface area contributed by atoms with E-state index in [1.165, 1.54) is 14.1 Å². The zero-order valence-corrected chi connectivity index (χ0v) is 16.8. The zero-order valence-electron chi connectivity index (χ0n) is 15.9. The van der Waals surface area contributed by atoms with Crippen molar-refractivity contribution in [3.05, 3.63) is 59.7 Å². The minimum atomic E-state index is -3.55. The molecule has 1 N–H and O–H groups in total. The molecule has 2 aromatic carbocycles. The van der Waals surface area contributed by atoms with Gasteiger partial charge in [0.25, 0.3) is 0 Å². The van der Waals surface area contributed by atoms with E-state index in [9.17, 15) is 13.2 Å². The number of benzene rings is 2. The van der Waals surface area contributed by atoms with Crippen molar-refractivity contribution in [2.45, 2.75) is 31.2 Å². The Morgan fingerprint density at radius 3 is 2.56 bits per heavy atom. The molecule has 0 atom stereocenters. The summed E-state index contributed by atoms with van der Waals surface area (Å²) in [5.74, 6) is 0.651. The van der Waals surface area contributed by atoms with Crippen molar-refractivity contribution in [2.24, 2.45) is 0 Å². The molecule has 0 aliphatic heterocycles. The molecule has 7 heteroatoms. The van der Waals surface area contributed by atoms with Gasteiger partial charge in [-0.25, -0.2) is 12.7 Å². The van der Waals surface area contributed by atoms with Gasteiger partial charge in [0.05, 0.1) is 11.5 Å². The van der Waals surface area contributed by atoms with E-state index in [1.54, 1.807) is 24.3 Å². The predicted molar refractivity (Wildman–Crippen MR) is 105 cm³/mol. The van der Waals surface area contributed by atoms with Gasteiger partial charge in [0.1, 0.15) is 5.75 Å². The highest BCUT2D eigenvalue weighted by atomic mass is 32.2. The van der Waals surface area contributed by atoms with Crippen LogP contribution in [0, 0.1) is 6.92 Å². The van der Waals surface area contributed by atoms with E-state index in [-0.39, 0.29) is 17.3 Å². The normalized spacial score (nSPS) is 11.4. The largest absolute Gasteiger partial charge is 0.494 e. The molecule has 27 heavy (non-hydrogen) atoms. The van der Waals surface area contributed by atoms with Gasteiger partial charge >= 0.3 is 0 Å². The first-order valence-electron chi connectivity index (χ1n) is 8.77. The number of carbonyl (C=O) groups is 1. The summed E-state index contributed by atoms with van der Waals surface area (Å²) in [5, 5.41) is 2.78. The fourth-order valence-electron chi connectivity index (χ4n) is 2.51. The first-order chi connectivity index (χ1) is 12.8. The Labute approximate surface area is 161 Å². The Bertz CT molecular complexity index is 879. The van der Waals surface area contributed by atoms with Crippen LogP contribution in [0.2, 0.25) is 0 Å². The van der Waals surface area contributed by atoms with Crippen LogP contribution in [-0.2, 0) is 21.4 Å². The van der Waals surface area contributed by atoms with Gasteiger partial charge in [0.2, 0.25) is 15.9 Å². The molecule has 146 valence electrons. The van der Waals surface area contributed by atoms with E-state index in [0.29, 0.717) is 25.0 Å². The third-order valence-electron chi connectivity index (χ3n) is 4.01. The second-order valence-corrected chi connectivity index (χ2v) is 8.56. The summed E-state index contributed by atoms with van der Waals surface area (Å²) in [5.41, 5.74) is 1.69. The van der Waals surface area contributed by atoms with Crippen LogP contribution in [0.15, 0.2) is 53.4 Å². The van der Waals surface area contributed by atoms with Crippen LogP contribution in [0.1, 0.15) is 24.0 Å². The number of nitrogens with one attached hydrogen (secondary N) is 1. The van der Waals surface area contributed by atoms with Gasteiger partial charge < -0.3 is 10.1 Å². The Kier molecular flexibility index (Phi) is 7.38. The van der Waals surface area contributed by atoms with Crippen LogP contribution in [0.5, 0.6) is 5.75 Å². The summed E-state index contributed by atoms with van der Waals surface area (Å²) in [4.78, 5) is 12.3. The Morgan fingerprint density at radius 1 is 1.11 bits per heavy atom. The van der Waals surface area contributed by atoms with Crippen molar-refractivity contribution in [3.63, 3.8) is 0 Å². The van der Waals surface area contributed by atoms with E-state index < -0.39 is 10.0 Å². The summed E-state index contributed by atoms with van der Waals surface area (Å²) < 4.78 is 31.5. The van der Waals surface area contributed by atoms with Crippen LogP contribution >= 0.6 is 0 Å². The number of nitrogens with zero attached hydrogens (tertiary/aromatic N) is 1. The van der Waals surface area contributed by atoms with Crippen molar-refractivity contribution in [1.82, 2.24) is 9.62 Å². The third-order valence-corrected chi connectivity index (χ3v) is 5.93. The molecule has 6 nitrogen and oxygen atoms in total. The quantitative estimate of drug-likeness (QED) is 0.668. The lowest BCUT2D eigenvalue weighted by atomic mass is 10.2. The molecule has 2 aromatic rings. The smallest absolute Gasteiger partial charge is 0.242 e. The monoisotopic (exact) mass is 390 g/mol. The average molecular weight is 391 g/mol. The molecular weight excluding hydrogens is 364 g/mol. The van der Waals surface area contributed by atoms with Crippen LogP contribution in [-0.4, -0.2) is 39.3 Å². The molecule has 0 bridgehead atoms. The van der Waals surface area contributed by atoms with E-state index in [0.717, 1.165) is 15.6 Å². The molecule has 0 radical (unpaired) electrons. The first kappa shape index (κ1) is 20.9. The number of aryl methyl sites for hydroxylation is 1. The maximum Gasteiger partial charge on any atom is 0.242 e. The second-order valence-electron chi connectivity index (χ2n) is 6.44.